The summed E-state index contributed by atoms with van der Waals surface area (Å²) in [5.74, 6) is 1.15. The third kappa shape index (κ3) is 3.36. The van der Waals surface area contributed by atoms with E-state index in [1.165, 1.54) is 11.3 Å². The van der Waals surface area contributed by atoms with Gasteiger partial charge in [-0.2, -0.15) is 0 Å². The van der Waals surface area contributed by atoms with Crippen LogP contribution in [0.5, 0.6) is 11.5 Å². The Balaban J connectivity index is 1.82. The summed E-state index contributed by atoms with van der Waals surface area (Å²) in [6, 6.07) is 9.33. The van der Waals surface area contributed by atoms with Crippen molar-refractivity contribution < 1.29 is 14.3 Å². The first-order chi connectivity index (χ1) is 12.0. The van der Waals surface area contributed by atoms with Crippen molar-refractivity contribution in [3.8, 4) is 11.5 Å². The first-order valence-corrected chi connectivity index (χ1v) is 8.50. The van der Waals surface area contributed by atoms with Crippen LogP contribution in [0.3, 0.4) is 0 Å². The molecular weight excluding hydrogens is 338 g/mol. The molecule has 2 N–H and O–H groups in total. The van der Waals surface area contributed by atoms with E-state index in [1.54, 1.807) is 20.3 Å². The van der Waals surface area contributed by atoms with E-state index < -0.39 is 0 Å². The van der Waals surface area contributed by atoms with Crippen LogP contribution in [0.1, 0.15) is 21.5 Å². The number of methoxy groups -OCH3 is 2. The van der Waals surface area contributed by atoms with E-state index >= 15 is 0 Å². The predicted octanol–water partition coefficient (Wildman–Crippen LogP) is 3.69. The van der Waals surface area contributed by atoms with Gasteiger partial charge in [-0.15, -0.1) is 0 Å². The van der Waals surface area contributed by atoms with Gasteiger partial charge in [0.15, 0.2) is 0 Å². The highest BCUT2D eigenvalue weighted by Gasteiger charge is 2.15. The number of carbonyl (C=O) groups excluding carboxylic acids is 1. The zero-order valence-corrected chi connectivity index (χ0v) is 15.3. The summed E-state index contributed by atoms with van der Waals surface area (Å²) in [4.78, 5) is 16.8. The summed E-state index contributed by atoms with van der Waals surface area (Å²) in [6.45, 7) is 3.91. The molecule has 6 nitrogen and oxygen atoms in total. The fourth-order valence-corrected chi connectivity index (χ4v) is 3.51. The normalized spacial score (nSPS) is 10.6. The van der Waals surface area contributed by atoms with Crippen molar-refractivity contribution in [2.24, 2.45) is 0 Å². The van der Waals surface area contributed by atoms with Crippen molar-refractivity contribution in [1.82, 2.24) is 10.4 Å². The van der Waals surface area contributed by atoms with Crippen LogP contribution in [0.15, 0.2) is 30.3 Å². The Bertz CT molecular complexity index is 896. The molecule has 0 atom stereocenters. The number of aryl methyl sites for hydroxylation is 2. The fourth-order valence-electron chi connectivity index (χ4n) is 2.58. The molecule has 1 amide bonds. The highest BCUT2D eigenvalue weighted by Crippen LogP contribution is 2.38. The summed E-state index contributed by atoms with van der Waals surface area (Å²) in [6.07, 6.45) is 0. The number of fused-ring (bicyclic) bond motifs is 1. The van der Waals surface area contributed by atoms with Crippen LogP contribution in [0.25, 0.3) is 10.2 Å². The van der Waals surface area contributed by atoms with Crippen molar-refractivity contribution in [1.29, 1.82) is 0 Å². The number of rotatable bonds is 5. The van der Waals surface area contributed by atoms with Gasteiger partial charge < -0.3 is 9.47 Å². The minimum absolute atomic E-state index is 0.212. The van der Waals surface area contributed by atoms with Crippen LogP contribution in [0.4, 0.5) is 5.13 Å². The van der Waals surface area contributed by atoms with Crippen molar-refractivity contribution in [2.75, 3.05) is 19.6 Å². The zero-order chi connectivity index (χ0) is 18.0. The lowest BCUT2D eigenvalue weighted by atomic mass is 10.1. The van der Waals surface area contributed by atoms with E-state index in [9.17, 15) is 4.79 Å². The molecule has 0 aliphatic heterocycles. The van der Waals surface area contributed by atoms with E-state index in [1.807, 2.05) is 38.1 Å². The summed E-state index contributed by atoms with van der Waals surface area (Å²) in [7, 11) is 3.20. The quantitative estimate of drug-likeness (QED) is 0.682. The maximum atomic E-state index is 12.4. The van der Waals surface area contributed by atoms with E-state index in [2.05, 4.69) is 15.8 Å². The average molecular weight is 357 g/mol. The molecule has 3 aromatic rings. The molecule has 3 rings (SSSR count). The smallest absolute Gasteiger partial charge is 0.269 e. The third-order valence-electron chi connectivity index (χ3n) is 3.82. The van der Waals surface area contributed by atoms with E-state index in [4.69, 9.17) is 9.47 Å². The van der Waals surface area contributed by atoms with Gasteiger partial charge in [0.2, 0.25) is 5.13 Å². The second-order valence-corrected chi connectivity index (χ2v) is 6.56. The van der Waals surface area contributed by atoms with Crippen LogP contribution < -0.4 is 20.3 Å². The number of hydrogen-bond acceptors (Lipinski definition) is 6. The molecule has 130 valence electrons. The Kier molecular flexibility index (Phi) is 4.76. The van der Waals surface area contributed by atoms with Gasteiger partial charge in [0.1, 0.15) is 21.7 Å². The molecule has 0 radical (unpaired) electrons. The van der Waals surface area contributed by atoms with Crippen molar-refractivity contribution in [3.63, 3.8) is 0 Å². The Morgan fingerprint density at radius 3 is 2.48 bits per heavy atom. The van der Waals surface area contributed by atoms with Crippen LogP contribution in [0.2, 0.25) is 0 Å². The second-order valence-electron chi connectivity index (χ2n) is 5.56. The third-order valence-corrected chi connectivity index (χ3v) is 4.81. The molecule has 0 saturated heterocycles. The van der Waals surface area contributed by atoms with Gasteiger partial charge in [0.25, 0.3) is 5.91 Å². The Hall–Kier alpha value is -2.80. The molecule has 25 heavy (non-hydrogen) atoms. The highest BCUT2D eigenvalue weighted by atomic mass is 32.1. The van der Waals surface area contributed by atoms with Gasteiger partial charge in [-0.25, -0.2) is 4.98 Å². The summed E-state index contributed by atoms with van der Waals surface area (Å²) in [5, 5.41) is 0.552. The standard InChI is InChI=1S/C18H19N3O3S/c1-10-5-6-12(11(2)9-10)17(22)20-21-18-19-15-13(23-3)7-8-14(24-4)16(15)25-18/h5-9H,1-4H3,(H,19,21)(H,20,22). The molecule has 0 aliphatic carbocycles. The van der Waals surface area contributed by atoms with Gasteiger partial charge in [-0.1, -0.05) is 29.0 Å². The largest absolute Gasteiger partial charge is 0.495 e. The van der Waals surface area contributed by atoms with Crippen LogP contribution in [0, 0.1) is 13.8 Å². The number of ether oxygens (including phenoxy) is 2. The van der Waals surface area contributed by atoms with Crippen molar-refractivity contribution in [3.05, 3.63) is 47.0 Å². The topological polar surface area (TPSA) is 72.5 Å². The lowest BCUT2D eigenvalue weighted by Crippen LogP contribution is -2.29. The zero-order valence-electron chi connectivity index (χ0n) is 14.5. The van der Waals surface area contributed by atoms with Crippen LogP contribution in [-0.2, 0) is 0 Å². The number of hydrazine groups is 1. The molecule has 0 aliphatic rings. The number of benzene rings is 2. The predicted molar refractivity (Wildman–Crippen MR) is 99.7 cm³/mol. The van der Waals surface area contributed by atoms with Crippen LogP contribution >= 0.6 is 11.3 Å². The SMILES string of the molecule is COc1ccc(OC)c2sc(NNC(=O)c3ccc(C)cc3C)nc12. The number of carbonyl (C=O) groups is 1. The molecule has 0 unspecified atom stereocenters. The van der Waals surface area contributed by atoms with Gasteiger partial charge in [-0.05, 0) is 37.6 Å². The molecular formula is C18H19N3O3S. The molecule has 1 heterocycles. The second kappa shape index (κ2) is 6.98. The Morgan fingerprint density at radius 2 is 1.80 bits per heavy atom. The van der Waals surface area contributed by atoms with Gasteiger partial charge in [-0.3, -0.25) is 15.6 Å². The first kappa shape index (κ1) is 17.0. The average Bonchev–Trinajstić information content (AvgIpc) is 3.03. The minimum Gasteiger partial charge on any atom is -0.495 e. The molecule has 0 bridgehead atoms. The molecule has 0 saturated carbocycles. The molecule has 7 heteroatoms. The van der Waals surface area contributed by atoms with Gasteiger partial charge in [0.05, 0.1) is 14.2 Å². The number of hydrogen-bond donors (Lipinski definition) is 2. The summed E-state index contributed by atoms with van der Waals surface area (Å²) >= 11 is 1.38. The number of aromatic nitrogens is 1. The van der Waals surface area contributed by atoms with Crippen molar-refractivity contribution in [2.45, 2.75) is 13.8 Å². The number of thiazole rings is 1. The monoisotopic (exact) mass is 357 g/mol. The van der Waals surface area contributed by atoms with Gasteiger partial charge >= 0.3 is 0 Å². The number of anilines is 1. The lowest BCUT2D eigenvalue weighted by molar-refractivity contribution is 0.0962. The van der Waals surface area contributed by atoms with E-state index in [-0.39, 0.29) is 5.91 Å². The number of nitrogens with one attached hydrogen (secondary N) is 2. The molecule has 2 aromatic carbocycles. The lowest BCUT2D eigenvalue weighted by Gasteiger charge is -2.08. The van der Waals surface area contributed by atoms with Gasteiger partial charge in [0, 0.05) is 5.56 Å². The first-order valence-electron chi connectivity index (χ1n) is 7.68. The van der Waals surface area contributed by atoms with Crippen LogP contribution in [-0.4, -0.2) is 25.1 Å². The molecule has 1 aromatic heterocycles. The number of amides is 1. The Morgan fingerprint density at radius 1 is 1.08 bits per heavy atom. The van der Waals surface area contributed by atoms with Crippen molar-refractivity contribution >= 4 is 32.6 Å². The highest BCUT2D eigenvalue weighted by molar-refractivity contribution is 7.22. The van der Waals surface area contributed by atoms with E-state index in [0.717, 1.165) is 15.8 Å². The maximum Gasteiger partial charge on any atom is 0.269 e. The fraction of sp³-hybridized carbons (Fsp3) is 0.222. The Labute approximate surface area is 149 Å². The number of nitrogens with zero attached hydrogens (tertiary/aromatic N) is 1. The molecule has 0 spiro atoms. The summed E-state index contributed by atoms with van der Waals surface area (Å²) in [5.41, 5.74) is 8.91. The summed E-state index contributed by atoms with van der Waals surface area (Å²) < 4.78 is 11.5. The van der Waals surface area contributed by atoms with E-state index in [0.29, 0.717) is 27.7 Å². The maximum absolute atomic E-state index is 12.4. The molecule has 0 fully saturated rings. The minimum atomic E-state index is -0.212.